The number of methoxy groups -OCH3 is 1. The van der Waals surface area contributed by atoms with Crippen molar-refractivity contribution in [3.63, 3.8) is 0 Å². The average molecular weight is 233 g/mol. The van der Waals surface area contributed by atoms with Crippen LogP contribution in [-0.4, -0.2) is 13.7 Å². The molecule has 1 aliphatic rings. The van der Waals surface area contributed by atoms with Gasteiger partial charge in [0.05, 0.1) is 7.11 Å². The van der Waals surface area contributed by atoms with E-state index in [9.17, 15) is 0 Å². The second-order valence-electron chi connectivity index (χ2n) is 4.96. The summed E-state index contributed by atoms with van der Waals surface area (Å²) in [5, 5.41) is 3.65. The van der Waals surface area contributed by atoms with E-state index < -0.39 is 0 Å². The van der Waals surface area contributed by atoms with E-state index in [4.69, 9.17) is 4.74 Å². The number of benzene rings is 1. The minimum absolute atomic E-state index is 0.498. The molecule has 1 aromatic rings. The van der Waals surface area contributed by atoms with Crippen LogP contribution in [0, 0.1) is 5.92 Å². The zero-order chi connectivity index (χ0) is 12.1. The van der Waals surface area contributed by atoms with Crippen LogP contribution in [0.1, 0.15) is 44.2 Å². The van der Waals surface area contributed by atoms with Gasteiger partial charge in [0, 0.05) is 6.04 Å². The predicted molar refractivity (Wildman–Crippen MR) is 71.4 cm³/mol. The highest BCUT2D eigenvalue weighted by Crippen LogP contribution is 2.38. The van der Waals surface area contributed by atoms with E-state index in [2.05, 4.69) is 30.4 Å². The molecule has 0 aliphatic heterocycles. The maximum atomic E-state index is 5.30. The first-order valence-corrected chi connectivity index (χ1v) is 6.70. The third kappa shape index (κ3) is 3.74. The maximum absolute atomic E-state index is 5.30. The van der Waals surface area contributed by atoms with Gasteiger partial charge in [0.25, 0.3) is 0 Å². The summed E-state index contributed by atoms with van der Waals surface area (Å²) < 4.78 is 5.30. The third-order valence-electron chi connectivity index (χ3n) is 3.40. The third-order valence-corrected chi connectivity index (χ3v) is 3.40. The molecule has 0 heterocycles. The summed E-state index contributed by atoms with van der Waals surface area (Å²) in [4.78, 5) is 0. The Morgan fingerprint density at radius 1 is 1.41 bits per heavy atom. The molecule has 0 bridgehead atoms. The van der Waals surface area contributed by atoms with E-state index >= 15 is 0 Å². The van der Waals surface area contributed by atoms with Gasteiger partial charge in [0.1, 0.15) is 5.75 Å². The smallest absolute Gasteiger partial charge is 0.119 e. The fourth-order valence-corrected chi connectivity index (χ4v) is 2.20. The monoisotopic (exact) mass is 233 g/mol. The Kier molecular flexibility index (Phi) is 4.43. The van der Waals surface area contributed by atoms with Crippen molar-refractivity contribution in [3.8, 4) is 5.75 Å². The van der Waals surface area contributed by atoms with E-state index in [0.29, 0.717) is 6.04 Å². The van der Waals surface area contributed by atoms with Crippen molar-refractivity contribution < 1.29 is 4.74 Å². The molecule has 1 unspecified atom stereocenters. The van der Waals surface area contributed by atoms with Gasteiger partial charge < -0.3 is 10.1 Å². The zero-order valence-electron chi connectivity index (χ0n) is 10.9. The van der Waals surface area contributed by atoms with Gasteiger partial charge in [-0.1, -0.05) is 31.9 Å². The molecule has 17 heavy (non-hydrogen) atoms. The van der Waals surface area contributed by atoms with Crippen LogP contribution in [0.3, 0.4) is 0 Å². The molecule has 0 amide bonds. The van der Waals surface area contributed by atoms with Crippen molar-refractivity contribution in [1.29, 1.82) is 0 Å². The summed E-state index contributed by atoms with van der Waals surface area (Å²) in [6, 6.07) is 8.96. The molecule has 1 aromatic carbocycles. The van der Waals surface area contributed by atoms with Crippen molar-refractivity contribution in [3.05, 3.63) is 29.8 Å². The normalized spacial score (nSPS) is 16.8. The molecule has 2 nitrogen and oxygen atoms in total. The van der Waals surface area contributed by atoms with Crippen molar-refractivity contribution in [2.75, 3.05) is 13.7 Å². The number of hydrogen-bond donors (Lipinski definition) is 1. The lowest BCUT2D eigenvalue weighted by atomic mass is 10.0. The van der Waals surface area contributed by atoms with Gasteiger partial charge in [-0.2, -0.15) is 0 Å². The second-order valence-corrected chi connectivity index (χ2v) is 4.96. The molecule has 1 N–H and O–H groups in total. The van der Waals surface area contributed by atoms with E-state index in [-0.39, 0.29) is 0 Å². The minimum Gasteiger partial charge on any atom is -0.497 e. The highest BCUT2D eigenvalue weighted by molar-refractivity contribution is 5.30. The average Bonchev–Trinajstić information content (AvgIpc) is 3.18. The first-order chi connectivity index (χ1) is 8.33. The Morgan fingerprint density at radius 2 is 2.24 bits per heavy atom. The van der Waals surface area contributed by atoms with Crippen LogP contribution in [0.5, 0.6) is 5.75 Å². The fourth-order valence-electron chi connectivity index (χ4n) is 2.20. The molecule has 0 spiro atoms. The number of hydrogen-bond acceptors (Lipinski definition) is 2. The summed E-state index contributed by atoms with van der Waals surface area (Å²) in [6.45, 7) is 3.31. The second kappa shape index (κ2) is 6.06. The Labute approximate surface area is 104 Å². The van der Waals surface area contributed by atoms with Gasteiger partial charge in [-0.25, -0.2) is 0 Å². The molecule has 0 saturated heterocycles. The van der Waals surface area contributed by atoms with Crippen LogP contribution in [-0.2, 0) is 0 Å². The van der Waals surface area contributed by atoms with E-state index in [1.807, 2.05) is 6.07 Å². The lowest BCUT2D eigenvalue weighted by molar-refractivity contribution is 0.411. The van der Waals surface area contributed by atoms with E-state index in [1.165, 1.54) is 31.2 Å². The van der Waals surface area contributed by atoms with E-state index in [1.54, 1.807) is 7.11 Å². The Hall–Kier alpha value is -1.02. The molecule has 0 radical (unpaired) electrons. The summed E-state index contributed by atoms with van der Waals surface area (Å²) in [5.41, 5.74) is 1.37. The van der Waals surface area contributed by atoms with Gasteiger partial charge in [-0.3, -0.25) is 0 Å². The molecule has 1 atom stereocenters. The molecule has 0 aromatic heterocycles. The molecule has 1 saturated carbocycles. The SMILES string of the molecule is CCCNC(CC1CC1)c1cccc(OC)c1. The van der Waals surface area contributed by atoms with E-state index in [0.717, 1.165) is 18.2 Å². The number of ether oxygens (including phenoxy) is 1. The quantitative estimate of drug-likeness (QED) is 0.778. The molecule has 1 fully saturated rings. The maximum Gasteiger partial charge on any atom is 0.119 e. The molecule has 2 rings (SSSR count). The van der Waals surface area contributed by atoms with Crippen molar-refractivity contribution in [1.82, 2.24) is 5.32 Å². The summed E-state index contributed by atoms with van der Waals surface area (Å²) in [5.74, 6) is 1.90. The van der Waals surface area contributed by atoms with Crippen LogP contribution in [0.4, 0.5) is 0 Å². The van der Waals surface area contributed by atoms with Crippen LogP contribution >= 0.6 is 0 Å². The first-order valence-electron chi connectivity index (χ1n) is 6.70. The molecular formula is C15H23NO. The Bertz CT molecular complexity index is 347. The number of rotatable bonds is 7. The highest BCUT2D eigenvalue weighted by Gasteiger charge is 2.26. The topological polar surface area (TPSA) is 21.3 Å². The molecule has 1 aliphatic carbocycles. The lowest BCUT2D eigenvalue weighted by Gasteiger charge is -2.19. The minimum atomic E-state index is 0.498. The van der Waals surface area contributed by atoms with Crippen LogP contribution in [0.25, 0.3) is 0 Å². The summed E-state index contributed by atoms with van der Waals surface area (Å²) >= 11 is 0. The van der Waals surface area contributed by atoms with Gasteiger partial charge in [-0.15, -0.1) is 0 Å². The Morgan fingerprint density at radius 3 is 2.88 bits per heavy atom. The molecule has 94 valence electrons. The summed E-state index contributed by atoms with van der Waals surface area (Å²) in [6.07, 6.45) is 5.28. The first kappa shape index (κ1) is 12.4. The van der Waals surface area contributed by atoms with Crippen molar-refractivity contribution in [2.24, 2.45) is 5.92 Å². The van der Waals surface area contributed by atoms with Crippen LogP contribution < -0.4 is 10.1 Å². The standard InChI is InChI=1S/C15H23NO/c1-3-9-16-15(10-12-7-8-12)13-5-4-6-14(11-13)17-2/h4-6,11-12,15-16H,3,7-10H2,1-2H3. The van der Waals surface area contributed by atoms with Crippen LogP contribution in [0.15, 0.2) is 24.3 Å². The molecular weight excluding hydrogens is 210 g/mol. The van der Waals surface area contributed by atoms with Gasteiger partial charge >= 0.3 is 0 Å². The molecule has 2 heteroatoms. The lowest BCUT2D eigenvalue weighted by Crippen LogP contribution is -2.22. The van der Waals surface area contributed by atoms with Crippen molar-refractivity contribution >= 4 is 0 Å². The van der Waals surface area contributed by atoms with Gasteiger partial charge in [0.15, 0.2) is 0 Å². The number of nitrogens with one attached hydrogen (secondary N) is 1. The predicted octanol–water partition coefficient (Wildman–Crippen LogP) is 3.54. The van der Waals surface area contributed by atoms with Crippen LogP contribution in [0.2, 0.25) is 0 Å². The fraction of sp³-hybridized carbons (Fsp3) is 0.600. The van der Waals surface area contributed by atoms with Gasteiger partial charge in [0.2, 0.25) is 0 Å². The van der Waals surface area contributed by atoms with Crippen molar-refractivity contribution in [2.45, 2.75) is 38.6 Å². The zero-order valence-corrected chi connectivity index (χ0v) is 10.9. The summed E-state index contributed by atoms with van der Waals surface area (Å²) in [7, 11) is 1.73. The van der Waals surface area contributed by atoms with Gasteiger partial charge in [-0.05, 0) is 43.0 Å². The Balaban J connectivity index is 2.05. The largest absolute Gasteiger partial charge is 0.497 e. The highest BCUT2D eigenvalue weighted by atomic mass is 16.5.